The lowest BCUT2D eigenvalue weighted by Gasteiger charge is -2.25. The minimum atomic E-state index is -0.00114. The molecule has 2 aliphatic heterocycles. The summed E-state index contributed by atoms with van der Waals surface area (Å²) in [6.45, 7) is 10.6. The van der Waals surface area contributed by atoms with Crippen molar-refractivity contribution in [1.29, 1.82) is 0 Å². The molecule has 0 saturated heterocycles. The summed E-state index contributed by atoms with van der Waals surface area (Å²) < 4.78 is 1.93. The first-order chi connectivity index (χ1) is 28.3. The number of halogens is 2. The zero-order chi connectivity index (χ0) is 41.5. The Hall–Kier alpha value is -1.92. The first kappa shape index (κ1) is 48.7. The van der Waals surface area contributed by atoms with Gasteiger partial charge in [0.1, 0.15) is 0 Å². The quantitative estimate of drug-likeness (QED) is 0.0542. The molecule has 4 rings (SSSR count). The second kappa shape index (κ2) is 27.8. The highest BCUT2D eigenvalue weighted by atomic mass is 79.9. The van der Waals surface area contributed by atoms with Crippen LogP contribution in [0.3, 0.4) is 0 Å². The molecule has 324 valence electrons. The molecule has 0 aliphatic carbocycles. The first-order valence-corrected chi connectivity index (χ1v) is 25.9. The number of benzene rings is 2. The van der Waals surface area contributed by atoms with Gasteiger partial charge in [-0.25, -0.2) is 0 Å². The Morgan fingerprint density at radius 3 is 0.983 bits per heavy atom. The van der Waals surface area contributed by atoms with Gasteiger partial charge in [-0.3, -0.25) is 9.59 Å². The third-order valence-corrected chi connectivity index (χ3v) is 13.9. The molecular weight excluding hydrogens is 844 g/mol. The monoisotopic (exact) mass is 922 g/mol. The van der Waals surface area contributed by atoms with Crippen molar-refractivity contribution in [3.63, 3.8) is 0 Å². The third-order valence-electron chi connectivity index (χ3n) is 13.0. The maximum Gasteiger partial charge on any atom is 0.259 e. The molecule has 0 radical (unpaired) electrons. The van der Waals surface area contributed by atoms with Crippen LogP contribution in [0.2, 0.25) is 0 Å². The lowest BCUT2D eigenvalue weighted by atomic mass is 9.93. The molecule has 0 saturated carbocycles. The highest BCUT2D eigenvalue weighted by molar-refractivity contribution is 9.10. The third kappa shape index (κ3) is 15.2. The number of hydrogen-bond donors (Lipinski definition) is 0. The number of carbonyl (C=O) groups is 2. The molecule has 0 spiro atoms. The molecule has 6 heteroatoms. The second-order valence-electron chi connectivity index (χ2n) is 17.9. The number of fused-ring (bicyclic) bond motifs is 2. The van der Waals surface area contributed by atoms with E-state index in [2.05, 4.69) is 93.6 Å². The highest BCUT2D eigenvalue weighted by Crippen LogP contribution is 2.48. The van der Waals surface area contributed by atoms with Crippen LogP contribution in [-0.2, 0) is 9.59 Å². The van der Waals surface area contributed by atoms with Crippen LogP contribution in [0.1, 0.15) is 219 Å². The lowest BCUT2D eigenvalue weighted by Crippen LogP contribution is -2.34. The molecule has 0 aromatic heterocycles. The van der Waals surface area contributed by atoms with Gasteiger partial charge < -0.3 is 9.80 Å². The minimum Gasteiger partial charge on any atom is -0.307 e. The Labute approximate surface area is 372 Å². The largest absolute Gasteiger partial charge is 0.307 e. The Morgan fingerprint density at radius 1 is 0.414 bits per heavy atom. The first-order valence-electron chi connectivity index (χ1n) is 24.3. The molecule has 0 N–H and O–H groups in total. The van der Waals surface area contributed by atoms with Gasteiger partial charge in [0.05, 0.1) is 22.5 Å². The van der Waals surface area contributed by atoms with Crippen LogP contribution < -0.4 is 9.80 Å². The standard InChI is InChI=1S/C52H80Br2N2O2/c1-5-9-13-17-21-25-29-41(30-26-22-18-14-10-6-2)39-55-47-37-43(53)33-35-45(47)49(51(55)57)50-46-36-34-44(54)38-48(46)56(52(50)58)40-42(31-27-23-19-15-11-7-3)32-28-24-20-16-12-8-4/h33-38,41-42H,5-32,39-40H2,1-4H3/b50-49-. The van der Waals surface area contributed by atoms with Gasteiger partial charge in [-0.1, -0.05) is 226 Å². The summed E-state index contributed by atoms with van der Waals surface area (Å²) in [5, 5.41) is 0. The Morgan fingerprint density at radius 2 is 0.690 bits per heavy atom. The van der Waals surface area contributed by atoms with E-state index in [0.717, 1.165) is 57.1 Å². The fraction of sp³-hybridized carbons (Fsp3) is 0.692. The highest BCUT2D eigenvalue weighted by Gasteiger charge is 2.43. The molecule has 2 aromatic rings. The number of anilines is 2. The van der Waals surface area contributed by atoms with Crippen LogP contribution in [-0.4, -0.2) is 24.9 Å². The summed E-state index contributed by atoms with van der Waals surface area (Å²) in [4.78, 5) is 34.1. The molecule has 2 heterocycles. The Balaban J connectivity index is 1.61. The molecule has 0 fully saturated rings. The topological polar surface area (TPSA) is 40.6 Å². The predicted molar refractivity (Wildman–Crippen MR) is 259 cm³/mol. The Bertz CT molecular complexity index is 1410. The summed E-state index contributed by atoms with van der Waals surface area (Å²) in [5.74, 6) is 0.889. The fourth-order valence-corrected chi connectivity index (χ4v) is 10.2. The number of carbonyl (C=O) groups excluding carboxylic acids is 2. The van der Waals surface area contributed by atoms with Crippen molar-refractivity contribution in [3.05, 3.63) is 56.5 Å². The number of nitrogens with zero attached hydrogens (tertiary/aromatic N) is 2. The van der Waals surface area contributed by atoms with Crippen molar-refractivity contribution >= 4 is 66.2 Å². The maximum absolute atomic E-state index is 15.0. The number of unbranched alkanes of at least 4 members (excludes halogenated alkanes) is 20. The van der Waals surface area contributed by atoms with E-state index < -0.39 is 0 Å². The van der Waals surface area contributed by atoms with Gasteiger partial charge in [-0.05, 0) is 61.8 Å². The molecule has 2 aliphatic rings. The SMILES string of the molecule is CCCCCCCCC(CCCCCCCC)CN1C(=O)/C(=C2\C(=O)N(CC(CCCCCCCC)CCCCCCCC)c3cc(Br)ccc32)c2ccc(Br)cc21. The second-order valence-corrected chi connectivity index (χ2v) is 19.7. The van der Waals surface area contributed by atoms with Gasteiger partial charge in [0.15, 0.2) is 0 Å². The molecule has 2 amide bonds. The number of hydrogen-bond acceptors (Lipinski definition) is 2. The van der Waals surface area contributed by atoms with Gasteiger partial charge in [-0.15, -0.1) is 0 Å². The van der Waals surface area contributed by atoms with E-state index in [1.54, 1.807) is 0 Å². The van der Waals surface area contributed by atoms with Crippen LogP contribution in [0.25, 0.3) is 11.1 Å². The van der Waals surface area contributed by atoms with Gasteiger partial charge in [0.25, 0.3) is 11.8 Å². The van der Waals surface area contributed by atoms with Gasteiger partial charge >= 0.3 is 0 Å². The molecule has 4 nitrogen and oxygen atoms in total. The van der Waals surface area contributed by atoms with E-state index in [1.165, 1.54) is 154 Å². The zero-order valence-electron chi connectivity index (χ0n) is 37.3. The van der Waals surface area contributed by atoms with E-state index in [0.29, 0.717) is 36.1 Å². The molecule has 58 heavy (non-hydrogen) atoms. The summed E-state index contributed by atoms with van der Waals surface area (Å²) in [7, 11) is 0. The van der Waals surface area contributed by atoms with Crippen LogP contribution in [0.15, 0.2) is 45.3 Å². The predicted octanol–water partition coefficient (Wildman–Crippen LogP) is 17.1. The lowest BCUT2D eigenvalue weighted by molar-refractivity contribution is -0.114. The minimum absolute atomic E-state index is 0.00114. The molecule has 2 aromatic carbocycles. The van der Waals surface area contributed by atoms with Gasteiger partial charge in [0, 0.05) is 33.2 Å². The zero-order valence-corrected chi connectivity index (χ0v) is 40.5. The summed E-state index contributed by atoms with van der Waals surface area (Å²) in [6.07, 6.45) is 35.5. The van der Waals surface area contributed by atoms with E-state index in [-0.39, 0.29) is 11.8 Å². The van der Waals surface area contributed by atoms with Crippen LogP contribution in [0.5, 0.6) is 0 Å². The van der Waals surface area contributed by atoms with Crippen molar-refractivity contribution in [1.82, 2.24) is 0 Å². The van der Waals surface area contributed by atoms with Crippen molar-refractivity contribution in [2.75, 3.05) is 22.9 Å². The molecule has 0 bridgehead atoms. The smallest absolute Gasteiger partial charge is 0.259 e. The van der Waals surface area contributed by atoms with E-state index in [4.69, 9.17) is 0 Å². The number of rotatable bonds is 32. The van der Waals surface area contributed by atoms with Crippen LogP contribution >= 0.6 is 31.9 Å². The van der Waals surface area contributed by atoms with E-state index >= 15 is 9.59 Å². The summed E-state index contributed by atoms with van der Waals surface area (Å²) in [6, 6.07) is 12.5. The van der Waals surface area contributed by atoms with E-state index in [1.807, 2.05) is 12.1 Å². The normalized spacial score (nSPS) is 15.2. The average Bonchev–Trinajstić information content (AvgIpc) is 3.63. The van der Waals surface area contributed by atoms with Crippen molar-refractivity contribution in [2.24, 2.45) is 11.8 Å². The molecular formula is C52H80Br2N2O2. The van der Waals surface area contributed by atoms with Crippen molar-refractivity contribution in [2.45, 2.75) is 207 Å². The van der Waals surface area contributed by atoms with E-state index in [9.17, 15) is 0 Å². The molecule has 0 atom stereocenters. The van der Waals surface area contributed by atoms with Crippen LogP contribution in [0, 0.1) is 11.8 Å². The summed E-state index contributed by atoms with van der Waals surface area (Å²) >= 11 is 7.50. The summed E-state index contributed by atoms with van der Waals surface area (Å²) in [5.41, 5.74) is 4.90. The number of amides is 2. The van der Waals surface area contributed by atoms with Crippen molar-refractivity contribution in [3.8, 4) is 0 Å². The van der Waals surface area contributed by atoms with Gasteiger partial charge in [-0.2, -0.15) is 0 Å². The van der Waals surface area contributed by atoms with Gasteiger partial charge in [0.2, 0.25) is 0 Å². The van der Waals surface area contributed by atoms with Crippen molar-refractivity contribution < 1.29 is 9.59 Å². The Kier molecular flexibility index (Phi) is 23.4. The molecule has 0 unspecified atom stereocenters. The van der Waals surface area contributed by atoms with Crippen LogP contribution in [0.4, 0.5) is 11.4 Å². The average molecular weight is 925 g/mol. The fourth-order valence-electron chi connectivity index (χ4n) is 9.47. The maximum atomic E-state index is 15.0.